The lowest BCUT2D eigenvalue weighted by atomic mass is 10.0. The molecule has 3 N–H and O–H groups in total. The molecule has 0 rings (SSSR count). The lowest BCUT2D eigenvalue weighted by Gasteiger charge is -2.21. The van der Waals surface area contributed by atoms with Crippen molar-refractivity contribution in [1.29, 1.82) is 0 Å². The molecule has 0 radical (unpaired) electrons. The van der Waals surface area contributed by atoms with E-state index >= 15 is 0 Å². The van der Waals surface area contributed by atoms with Crippen LogP contribution in [0.2, 0.25) is 0 Å². The van der Waals surface area contributed by atoms with Crippen LogP contribution in [-0.4, -0.2) is 96.7 Å². The van der Waals surface area contributed by atoms with E-state index in [1.165, 1.54) is 148 Å². The zero-order chi connectivity index (χ0) is 64.3. The monoisotopic (exact) mass is 1280 g/mol. The molecule has 0 amide bonds. The largest absolute Gasteiger partial charge is 0.472 e. The van der Waals surface area contributed by atoms with E-state index in [0.29, 0.717) is 31.6 Å². The molecular weight excluding hydrogens is 1150 g/mol. The molecule has 0 aliphatic heterocycles. The topological polar surface area (TPSA) is 237 Å². The van der Waals surface area contributed by atoms with Crippen LogP contribution in [-0.2, 0) is 65.4 Å². The first-order valence-corrected chi connectivity index (χ1v) is 38.5. The van der Waals surface area contributed by atoms with Gasteiger partial charge in [-0.15, -0.1) is 0 Å². The Morgan fingerprint density at radius 3 is 0.782 bits per heavy atom. The number of rotatable bonds is 67. The van der Waals surface area contributed by atoms with Crippen molar-refractivity contribution in [2.45, 2.75) is 362 Å². The highest BCUT2D eigenvalue weighted by molar-refractivity contribution is 7.47. The molecule has 17 nitrogen and oxygen atoms in total. The number of phosphoric ester groups is 2. The number of unbranched alkanes of at least 4 members (excludes halogenated alkanes) is 37. The predicted molar refractivity (Wildman–Crippen MR) is 349 cm³/mol. The molecule has 0 aromatic heterocycles. The molecule has 0 aliphatic rings. The highest BCUT2D eigenvalue weighted by Crippen LogP contribution is 2.45. The van der Waals surface area contributed by atoms with E-state index in [-0.39, 0.29) is 25.7 Å². The average molecular weight is 1280 g/mol. The maximum Gasteiger partial charge on any atom is 0.472 e. The molecule has 0 heterocycles. The standard InChI is InChI=1S/C68H132O17P2/c1-7-9-11-13-15-16-28-32-39-45-51-66(71)79-57-63(84-67(72)52-46-40-33-29-26-24-22-20-18-17-19-21-23-25-27-31-36-42-48-60(3)4)58-82-86(74,75)80-54-62(69)55-81-87(76,77)83-59-64(56-78-65(70)50-44-38-30-14-12-10-8-2)85-68(73)53-47-41-35-34-37-43-49-61(5)6/h60-64,69H,7-59H2,1-6H3,(H,74,75)(H,76,77)/t62-,63-,64-/m1/s1. The number of aliphatic hydroxyl groups is 1. The molecule has 19 heteroatoms. The van der Waals surface area contributed by atoms with Gasteiger partial charge in [-0.25, -0.2) is 9.13 Å². The number of carbonyl (C=O) groups excluding carboxylic acids is 4. The summed E-state index contributed by atoms with van der Waals surface area (Å²) in [5, 5.41) is 10.5. The molecule has 0 spiro atoms. The molecular formula is C68H132O17P2. The van der Waals surface area contributed by atoms with E-state index in [2.05, 4.69) is 41.5 Å². The van der Waals surface area contributed by atoms with Crippen LogP contribution >= 0.6 is 15.6 Å². The first-order chi connectivity index (χ1) is 41.9. The van der Waals surface area contributed by atoms with Gasteiger partial charge in [-0.05, 0) is 37.5 Å². The van der Waals surface area contributed by atoms with Crippen LogP contribution in [0.3, 0.4) is 0 Å². The molecule has 5 atom stereocenters. The normalized spacial score (nSPS) is 14.2. The lowest BCUT2D eigenvalue weighted by Crippen LogP contribution is -2.30. The predicted octanol–water partition coefficient (Wildman–Crippen LogP) is 19.2. The van der Waals surface area contributed by atoms with Crippen molar-refractivity contribution in [3.63, 3.8) is 0 Å². The highest BCUT2D eigenvalue weighted by Gasteiger charge is 2.30. The number of esters is 4. The Kier molecular flexibility index (Phi) is 59.0. The number of aliphatic hydroxyl groups excluding tert-OH is 1. The summed E-state index contributed by atoms with van der Waals surface area (Å²) >= 11 is 0. The summed E-state index contributed by atoms with van der Waals surface area (Å²) in [6.07, 6.45) is 44.9. The Hall–Kier alpha value is -1.94. The van der Waals surface area contributed by atoms with Crippen molar-refractivity contribution in [2.24, 2.45) is 11.8 Å². The van der Waals surface area contributed by atoms with E-state index in [1.807, 2.05) is 0 Å². The Labute approximate surface area is 530 Å². The zero-order valence-corrected chi connectivity index (χ0v) is 58.1. The van der Waals surface area contributed by atoms with Crippen molar-refractivity contribution in [2.75, 3.05) is 39.6 Å². The van der Waals surface area contributed by atoms with Gasteiger partial charge < -0.3 is 33.8 Å². The van der Waals surface area contributed by atoms with Gasteiger partial charge in [-0.2, -0.15) is 0 Å². The van der Waals surface area contributed by atoms with Gasteiger partial charge in [0.15, 0.2) is 12.2 Å². The number of phosphoric acid groups is 2. The number of carbonyl (C=O) groups is 4. The molecule has 0 bridgehead atoms. The van der Waals surface area contributed by atoms with Crippen molar-refractivity contribution < 1.29 is 80.2 Å². The van der Waals surface area contributed by atoms with Crippen molar-refractivity contribution in [3.05, 3.63) is 0 Å². The summed E-state index contributed by atoms with van der Waals surface area (Å²) in [6.45, 7) is 9.42. The van der Waals surface area contributed by atoms with Crippen LogP contribution in [0.5, 0.6) is 0 Å². The van der Waals surface area contributed by atoms with Gasteiger partial charge in [-0.3, -0.25) is 37.3 Å². The van der Waals surface area contributed by atoms with Crippen LogP contribution in [0.1, 0.15) is 343 Å². The smallest absolute Gasteiger partial charge is 0.462 e. The van der Waals surface area contributed by atoms with Gasteiger partial charge in [0.25, 0.3) is 0 Å². The first-order valence-electron chi connectivity index (χ1n) is 35.5. The molecule has 0 aromatic carbocycles. The first kappa shape index (κ1) is 85.1. The Morgan fingerprint density at radius 2 is 0.529 bits per heavy atom. The molecule has 0 aliphatic carbocycles. The van der Waals surface area contributed by atoms with Gasteiger partial charge in [0, 0.05) is 25.7 Å². The number of hydrogen-bond acceptors (Lipinski definition) is 15. The summed E-state index contributed by atoms with van der Waals surface area (Å²) in [6, 6.07) is 0. The van der Waals surface area contributed by atoms with Gasteiger partial charge >= 0.3 is 39.5 Å². The Balaban J connectivity index is 5.10. The SMILES string of the molecule is CCCCCCCCCCCCC(=O)OC[C@H](COP(=O)(O)OC[C@@H](O)COP(=O)(O)OC[C@@H](COC(=O)CCCCCCCCC)OC(=O)CCCCCCCCC(C)C)OC(=O)CCCCCCCCCCCCCCCCCCCCC(C)C. The molecule has 516 valence electrons. The second kappa shape index (κ2) is 60.3. The molecule has 2 unspecified atom stereocenters. The average Bonchev–Trinajstić information content (AvgIpc) is 3.69. The maximum atomic E-state index is 13.0. The zero-order valence-electron chi connectivity index (χ0n) is 56.3. The third-order valence-corrected chi connectivity index (χ3v) is 17.6. The lowest BCUT2D eigenvalue weighted by molar-refractivity contribution is -0.161. The van der Waals surface area contributed by atoms with Crippen LogP contribution in [0.25, 0.3) is 0 Å². The van der Waals surface area contributed by atoms with Crippen LogP contribution < -0.4 is 0 Å². The summed E-state index contributed by atoms with van der Waals surface area (Å²) in [5.74, 6) is -0.647. The summed E-state index contributed by atoms with van der Waals surface area (Å²) in [4.78, 5) is 72.2. The van der Waals surface area contributed by atoms with E-state index in [1.54, 1.807) is 0 Å². The molecule has 0 aromatic rings. The van der Waals surface area contributed by atoms with Gasteiger partial charge in [0.1, 0.15) is 19.3 Å². The minimum Gasteiger partial charge on any atom is -0.462 e. The third-order valence-electron chi connectivity index (χ3n) is 15.7. The van der Waals surface area contributed by atoms with E-state index in [0.717, 1.165) is 109 Å². The molecule has 0 saturated heterocycles. The fraction of sp³-hybridized carbons (Fsp3) is 0.941. The second-order valence-electron chi connectivity index (χ2n) is 25.5. The Bertz CT molecular complexity index is 1700. The molecule has 87 heavy (non-hydrogen) atoms. The minimum absolute atomic E-state index is 0.102. The summed E-state index contributed by atoms with van der Waals surface area (Å²) in [7, 11) is -9.89. The Morgan fingerprint density at radius 1 is 0.310 bits per heavy atom. The summed E-state index contributed by atoms with van der Waals surface area (Å²) < 4.78 is 68.0. The van der Waals surface area contributed by atoms with E-state index in [9.17, 15) is 43.2 Å². The van der Waals surface area contributed by atoms with Gasteiger partial charge in [0.2, 0.25) is 0 Å². The molecule has 0 saturated carbocycles. The summed E-state index contributed by atoms with van der Waals surface area (Å²) in [5.41, 5.74) is 0. The van der Waals surface area contributed by atoms with Crippen molar-refractivity contribution >= 4 is 39.5 Å². The van der Waals surface area contributed by atoms with Crippen molar-refractivity contribution in [3.8, 4) is 0 Å². The maximum absolute atomic E-state index is 13.0. The van der Waals surface area contributed by atoms with Crippen LogP contribution in [0, 0.1) is 11.8 Å². The molecule has 0 fully saturated rings. The fourth-order valence-electron chi connectivity index (χ4n) is 10.2. The number of hydrogen-bond donors (Lipinski definition) is 3. The third kappa shape index (κ3) is 62.6. The van der Waals surface area contributed by atoms with Crippen molar-refractivity contribution in [1.82, 2.24) is 0 Å². The second-order valence-corrected chi connectivity index (χ2v) is 28.4. The number of ether oxygens (including phenoxy) is 4. The van der Waals surface area contributed by atoms with Crippen LogP contribution in [0.4, 0.5) is 0 Å². The fourth-order valence-corrected chi connectivity index (χ4v) is 11.8. The van der Waals surface area contributed by atoms with Gasteiger partial charge in [-0.1, -0.05) is 292 Å². The highest BCUT2D eigenvalue weighted by atomic mass is 31.2. The van der Waals surface area contributed by atoms with Gasteiger partial charge in [0.05, 0.1) is 26.4 Å². The minimum atomic E-state index is -4.95. The van der Waals surface area contributed by atoms with E-state index in [4.69, 9.17) is 37.0 Å². The van der Waals surface area contributed by atoms with E-state index < -0.39 is 97.5 Å². The quantitative estimate of drug-likeness (QED) is 0.0222. The van der Waals surface area contributed by atoms with Crippen LogP contribution in [0.15, 0.2) is 0 Å².